The van der Waals surface area contributed by atoms with Crippen molar-refractivity contribution in [1.29, 1.82) is 0 Å². The molecule has 0 fully saturated rings. The number of nitrogens with zero attached hydrogens (tertiary/aromatic N) is 1. The molecular formula is C27H36N2O2S2. The van der Waals surface area contributed by atoms with Crippen molar-refractivity contribution in [2.75, 3.05) is 17.3 Å². The molecule has 1 aromatic heterocycles. The highest BCUT2D eigenvalue weighted by Crippen LogP contribution is 2.37. The minimum absolute atomic E-state index is 0.276. The summed E-state index contributed by atoms with van der Waals surface area (Å²) in [5, 5.41) is 4.45. The lowest BCUT2D eigenvalue weighted by Gasteiger charge is -2.18. The van der Waals surface area contributed by atoms with Crippen LogP contribution in [0.15, 0.2) is 48.7 Å². The van der Waals surface area contributed by atoms with Crippen LogP contribution in [0.5, 0.6) is 0 Å². The van der Waals surface area contributed by atoms with Crippen LogP contribution in [0.2, 0.25) is 0 Å². The van der Waals surface area contributed by atoms with Crippen LogP contribution < -0.4 is 5.32 Å². The summed E-state index contributed by atoms with van der Waals surface area (Å²) in [5.41, 5.74) is 6.26. The maximum atomic E-state index is 11.4. The predicted molar refractivity (Wildman–Crippen MR) is 143 cm³/mol. The molecule has 0 radical (unpaired) electrons. The molecule has 0 amide bonds. The van der Waals surface area contributed by atoms with E-state index in [9.17, 15) is 8.42 Å². The summed E-state index contributed by atoms with van der Waals surface area (Å²) in [4.78, 5) is 5.92. The second kappa shape index (κ2) is 11.3. The van der Waals surface area contributed by atoms with E-state index < -0.39 is 9.84 Å². The smallest absolute Gasteiger partial charge is 0.147 e. The first-order valence-electron chi connectivity index (χ1n) is 11.8. The summed E-state index contributed by atoms with van der Waals surface area (Å²) < 4.78 is 22.8. The average Bonchev–Trinajstić information content (AvgIpc) is 3.25. The zero-order chi connectivity index (χ0) is 24.0. The zero-order valence-electron chi connectivity index (χ0n) is 20.4. The Hall–Kier alpha value is -2.18. The highest BCUT2D eigenvalue weighted by Gasteiger charge is 2.16. The Labute approximate surface area is 203 Å². The fraction of sp³-hybridized carbons (Fsp3) is 0.444. The third-order valence-corrected chi connectivity index (χ3v) is 7.97. The maximum absolute atomic E-state index is 11.4. The number of anilines is 1. The van der Waals surface area contributed by atoms with Gasteiger partial charge in [0.15, 0.2) is 0 Å². The molecule has 1 unspecified atom stereocenters. The van der Waals surface area contributed by atoms with E-state index in [0.29, 0.717) is 12.0 Å². The van der Waals surface area contributed by atoms with Gasteiger partial charge in [0.25, 0.3) is 0 Å². The van der Waals surface area contributed by atoms with Crippen molar-refractivity contribution in [3.8, 4) is 21.0 Å². The van der Waals surface area contributed by atoms with Gasteiger partial charge in [-0.25, -0.2) is 13.4 Å². The Morgan fingerprint density at radius 3 is 2.39 bits per heavy atom. The molecule has 0 spiro atoms. The second-order valence-corrected chi connectivity index (χ2v) is 12.5. The molecular weight excluding hydrogens is 448 g/mol. The Kier molecular flexibility index (Phi) is 8.71. The van der Waals surface area contributed by atoms with Gasteiger partial charge in [-0.15, -0.1) is 11.3 Å². The summed E-state index contributed by atoms with van der Waals surface area (Å²) in [7, 11) is -2.88. The molecule has 3 rings (SSSR count). The van der Waals surface area contributed by atoms with Gasteiger partial charge in [0, 0.05) is 35.5 Å². The highest BCUT2D eigenvalue weighted by atomic mass is 32.2. The molecule has 0 aliphatic rings. The summed E-state index contributed by atoms with van der Waals surface area (Å²) in [5.74, 6) is 0.672. The predicted octanol–water partition coefficient (Wildman–Crippen LogP) is 7.18. The van der Waals surface area contributed by atoms with E-state index in [1.54, 1.807) is 11.3 Å². The number of thiazole rings is 1. The van der Waals surface area contributed by atoms with Crippen molar-refractivity contribution in [3.63, 3.8) is 0 Å². The van der Waals surface area contributed by atoms with Gasteiger partial charge in [-0.2, -0.15) is 0 Å². The molecule has 4 nitrogen and oxygen atoms in total. The number of aromatic nitrogens is 1. The van der Waals surface area contributed by atoms with Crippen molar-refractivity contribution >= 4 is 26.9 Å². The van der Waals surface area contributed by atoms with Gasteiger partial charge in [-0.3, -0.25) is 0 Å². The van der Waals surface area contributed by atoms with Gasteiger partial charge in [-0.05, 0) is 80.0 Å². The number of unbranched alkanes of at least 4 members (excludes halogenated alkanes) is 1. The molecule has 33 heavy (non-hydrogen) atoms. The summed E-state index contributed by atoms with van der Waals surface area (Å²) in [6, 6.07) is 15.5. The molecule has 0 aliphatic carbocycles. The summed E-state index contributed by atoms with van der Waals surface area (Å²) >= 11 is 1.73. The van der Waals surface area contributed by atoms with Crippen molar-refractivity contribution in [2.24, 2.45) is 0 Å². The van der Waals surface area contributed by atoms with Crippen molar-refractivity contribution in [3.05, 3.63) is 59.8 Å². The summed E-state index contributed by atoms with van der Waals surface area (Å²) in [6.07, 6.45) is 6.92. The van der Waals surface area contributed by atoms with E-state index in [1.807, 2.05) is 6.20 Å². The van der Waals surface area contributed by atoms with Crippen molar-refractivity contribution in [2.45, 2.75) is 65.3 Å². The van der Waals surface area contributed by atoms with Crippen LogP contribution in [0.3, 0.4) is 0 Å². The standard InChI is InChI=1S/C27H36N2O2S2/c1-6-23-24(20(4)10-7-8-17-33(5,30)31)11-9-12-25(23)26-18-28-27(32-26)21-13-15-22(16-14-21)29-19(2)3/h9,11-16,18-20,29H,6-8,10,17H2,1-5H3. The third-order valence-electron chi connectivity index (χ3n) is 5.86. The largest absolute Gasteiger partial charge is 0.383 e. The Morgan fingerprint density at radius 1 is 1.03 bits per heavy atom. The average molecular weight is 485 g/mol. The van der Waals surface area contributed by atoms with Crippen LogP contribution >= 0.6 is 11.3 Å². The van der Waals surface area contributed by atoms with E-state index in [4.69, 9.17) is 4.98 Å². The number of nitrogens with one attached hydrogen (secondary N) is 1. The third kappa shape index (κ3) is 7.15. The molecule has 178 valence electrons. The monoisotopic (exact) mass is 484 g/mol. The molecule has 0 bridgehead atoms. The van der Waals surface area contributed by atoms with Crippen LogP contribution in [-0.4, -0.2) is 31.5 Å². The molecule has 0 saturated carbocycles. The number of benzene rings is 2. The van der Waals surface area contributed by atoms with Gasteiger partial charge in [0.2, 0.25) is 0 Å². The lowest BCUT2D eigenvalue weighted by Crippen LogP contribution is -2.09. The molecule has 2 aromatic carbocycles. The molecule has 0 saturated heterocycles. The number of hydrogen-bond donors (Lipinski definition) is 1. The Balaban J connectivity index is 1.78. The first-order chi connectivity index (χ1) is 15.7. The lowest BCUT2D eigenvalue weighted by atomic mass is 9.87. The maximum Gasteiger partial charge on any atom is 0.147 e. The van der Waals surface area contributed by atoms with Crippen LogP contribution in [0.4, 0.5) is 5.69 Å². The van der Waals surface area contributed by atoms with Gasteiger partial charge in [-0.1, -0.05) is 38.5 Å². The molecule has 6 heteroatoms. The van der Waals surface area contributed by atoms with Gasteiger partial charge in [0.05, 0.1) is 4.88 Å². The van der Waals surface area contributed by atoms with Crippen LogP contribution in [0.1, 0.15) is 64.0 Å². The van der Waals surface area contributed by atoms with Crippen LogP contribution in [0.25, 0.3) is 21.0 Å². The van der Waals surface area contributed by atoms with Crippen LogP contribution in [0, 0.1) is 0 Å². The van der Waals surface area contributed by atoms with Crippen molar-refractivity contribution in [1.82, 2.24) is 4.98 Å². The molecule has 1 N–H and O–H groups in total. The molecule has 0 aliphatic heterocycles. The topological polar surface area (TPSA) is 59.1 Å². The number of hydrogen-bond acceptors (Lipinski definition) is 5. The minimum atomic E-state index is -2.88. The van der Waals surface area contributed by atoms with E-state index >= 15 is 0 Å². The number of sulfone groups is 1. The Bertz CT molecular complexity index is 1150. The van der Waals surface area contributed by atoms with E-state index in [1.165, 1.54) is 27.8 Å². The second-order valence-electron chi connectivity index (χ2n) is 9.16. The fourth-order valence-corrected chi connectivity index (χ4v) is 5.94. The molecule has 3 aromatic rings. The molecule has 1 atom stereocenters. The normalized spacial score (nSPS) is 12.8. The molecule has 1 heterocycles. The van der Waals surface area contributed by atoms with Gasteiger partial charge >= 0.3 is 0 Å². The van der Waals surface area contributed by atoms with E-state index in [0.717, 1.165) is 41.9 Å². The number of rotatable bonds is 11. The summed E-state index contributed by atoms with van der Waals surface area (Å²) in [6.45, 7) is 8.73. The first-order valence-corrected chi connectivity index (χ1v) is 14.7. The van der Waals surface area contributed by atoms with Gasteiger partial charge < -0.3 is 5.32 Å². The van der Waals surface area contributed by atoms with Crippen molar-refractivity contribution < 1.29 is 8.42 Å². The SMILES string of the molecule is CCc1c(-c2cnc(-c3ccc(NC(C)C)cc3)s2)cccc1C(C)CCCCS(C)(=O)=O. The quantitative estimate of drug-likeness (QED) is 0.293. The van der Waals surface area contributed by atoms with Crippen LogP contribution in [-0.2, 0) is 16.3 Å². The van der Waals surface area contributed by atoms with Gasteiger partial charge in [0.1, 0.15) is 14.8 Å². The fourth-order valence-electron chi connectivity index (χ4n) is 4.24. The minimum Gasteiger partial charge on any atom is -0.383 e. The van der Waals surface area contributed by atoms with E-state index in [2.05, 4.69) is 75.5 Å². The lowest BCUT2D eigenvalue weighted by molar-refractivity contribution is 0.586. The zero-order valence-corrected chi connectivity index (χ0v) is 22.0. The first kappa shape index (κ1) is 25.4. The van der Waals surface area contributed by atoms with E-state index in [-0.39, 0.29) is 5.75 Å². The highest BCUT2D eigenvalue weighted by molar-refractivity contribution is 7.90. The Morgan fingerprint density at radius 2 is 1.76 bits per heavy atom.